The molecule has 1 heterocycles. The van der Waals surface area contributed by atoms with Gasteiger partial charge in [-0.2, -0.15) is 0 Å². The summed E-state index contributed by atoms with van der Waals surface area (Å²) in [6.45, 7) is 6.57. The van der Waals surface area contributed by atoms with Gasteiger partial charge >= 0.3 is 0 Å². The number of hydrogen-bond donors (Lipinski definition) is 0. The Balaban J connectivity index is 2.18. The molecule has 1 atom stereocenters. The van der Waals surface area contributed by atoms with Crippen molar-refractivity contribution < 1.29 is 9.47 Å². The van der Waals surface area contributed by atoms with Crippen LogP contribution in [0, 0.1) is 0 Å². The molecule has 1 saturated heterocycles. The Kier molecular flexibility index (Phi) is 32.9. The first-order chi connectivity index (χ1) is 23.6. The second-order valence-corrected chi connectivity index (χ2v) is 15.6. The largest absolute Gasteiger partial charge is 0.347 e. The van der Waals surface area contributed by atoms with Crippen LogP contribution in [0.2, 0.25) is 0 Å². The molecule has 0 amide bonds. The molecule has 1 aliphatic rings. The maximum atomic E-state index is 6.75. The molecule has 0 radical (unpaired) electrons. The second kappa shape index (κ2) is 34.8. The lowest BCUT2D eigenvalue weighted by atomic mass is 9.98. The lowest BCUT2D eigenvalue weighted by Crippen LogP contribution is -2.31. The predicted molar refractivity (Wildman–Crippen MR) is 214 cm³/mol. The van der Waals surface area contributed by atoms with Crippen molar-refractivity contribution >= 4 is 0 Å². The maximum Gasteiger partial charge on any atom is 0.168 e. The molecule has 1 fully saturated rings. The summed E-state index contributed by atoms with van der Waals surface area (Å²) in [6.07, 6.45) is 53.9. The Morgan fingerprint density at radius 3 is 1.25 bits per heavy atom. The lowest BCUT2D eigenvalue weighted by Gasteiger charge is -2.28. The van der Waals surface area contributed by atoms with Gasteiger partial charge in [-0.05, 0) is 104 Å². The zero-order valence-corrected chi connectivity index (χ0v) is 33.4. The Hall–Kier alpha value is -0.640. The minimum absolute atomic E-state index is 0.298. The van der Waals surface area contributed by atoms with E-state index in [4.69, 9.17) is 9.47 Å². The minimum Gasteiger partial charge on any atom is -0.347 e. The van der Waals surface area contributed by atoms with E-state index in [1.807, 2.05) is 0 Å². The van der Waals surface area contributed by atoms with Crippen molar-refractivity contribution in [3.05, 3.63) is 24.3 Å². The first-order valence-electron chi connectivity index (χ1n) is 21.9. The summed E-state index contributed by atoms with van der Waals surface area (Å²) in [7, 11) is 4.34. The van der Waals surface area contributed by atoms with Crippen LogP contribution in [0.4, 0.5) is 0 Å². The van der Waals surface area contributed by atoms with Gasteiger partial charge in [-0.15, -0.1) is 0 Å². The highest BCUT2D eigenvalue weighted by Crippen LogP contribution is 2.36. The topological polar surface area (TPSA) is 21.7 Å². The fraction of sp³-hybridized carbons (Fsp3) is 0.911. The summed E-state index contributed by atoms with van der Waals surface area (Å²) in [5.41, 5.74) is 0. The quantitative estimate of drug-likeness (QED) is 0.0484. The van der Waals surface area contributed by atoms with E-state index in [-0.39, 0.29) is 5.79 Å². The van der Waals surface area contributed by atoms with Crippen molar-refractivity contribution in [2.24, 2.45) is 0 Å². The van der Waals surface area contributed by atoms with Crippen LogP contribution in [0.15, 0.2) is 24.3 Å². The smallest absolute Gasteiger partial charge is 0.168 e. The van der Waals surface area contributed by atoms with Crippen LogP contribution < -0.4 is 0 Å². The van der Waals surface area contributed by atoms with E-state index in [2.05, 4.69) is 57.1 Å². The highest BCUT2D eigenvalue weighted by Gasteiger charge is 2.40. The molecule has 0 bridgehead atoms. The summed E-state index contributed by atoms with van der Waals surface area (Å²) >= 11 is 0. The fourth-order valence-electron chi connectivity index (χ4n) is 7.23. The monoisotopic (exact) mass is 674 g/mol. The third-order valence-electron chi connectivity index (χ3n) is 10.4. The van der Waals surface area contributed by atoms with E-state index in [0.29, 0.717) is 6.10 Å². The highest BCUT2D eigenvalue weighted by molar-refractivity contribution is 4.83. The average molecular weight is 674 g/mol. The first-order valence-corrected chi connectivity index (χ1v) is 21.9. The van der Waals surface area contributed by atoms with E-state index in [0.717, 1.165) is 25.9 Å². The molecule has 1 aliphatic heterocycles. The highest BCUT2D eigenvalue weighted by atomic mass is 16.7. The standard InChI is InChI=1S/C45H87NO2/c1-5-7-9-11-13-15-17-19-21-23-25-27-29-31-33-36-40-45(47-43-44(48-45)39-35-38-42-46(3)4)41-37-34-32-30-28-26-24-22-20-18-16-14-12-10-8-6-2/h19-22,44H,5-18,23-43H2,1-4H3/b21-19-,22-20-. The Morgan fingerprint density at radius 1 is 0.479 bits per heavy atom. The maximum absolute atomic E-state index is 6.75. The Morgan fingerprint density at radius 2 is 0.854 bits per heavy atom. The van der Waals surface area contributed by atoms with Gasteiger partial charge in [0.25, 0.3) is 0 Å². The van der Waals surface area contributed by atoms with Crippen molar-refractivity contribution in [3.63, 3.8) is 0 Å². The summed E-state index contributed by atoms with van der Waals surface area (Å²) < 4.78 is 13.3. The molecule has 0 aromatic carbocycles. The van der Waals surface area contributed by atoms with Crippen molar-refractivity contribution in [2.45, 2.75) is 238 Å². The van der Waals surface area contributed by atoms with Crippen LogP contribution in [0.5, 0.6) is 0 Å². The molecule has 3 heteroatoms. The zero-order chi connectivity index (χ0) is 34.6. The van der Waals surface area contributed by atoms with Gasteiger partial charge in [-0.1, -0.05) is 154 Å². The van der Waals surface area contributed by atoms with Gasteiger partial charge in [-0.25, -0.2) is 0 Å². The molecule has 48 heavy (non-hydrogen) atoms. The van der Waals surface area contributed by atoms with Gasteiger partial charge in [0.05, 0.1) is 12.7 Å². The summed E-state index contributed by atoms with van der Waals surface area (Å²) in [5, 5.41) is 0. The lowest BCUT2D eigenvalue weighted by molar-refractivity contribution is -0.180. The van der Waals surface area contributed by atoms with Crippen molar-refractivity contribution in [3.8, 4) is 0 Å². The molecule has 0 aromatic heterocycles. The number of allylic oxidation sites excluding steroid dienone is 4. The average Bonchev–Trinajstić information content (AvgIpc) is 3.49. The minimum atomic E-state index is -0.298. The van der Waals surface area contributed by atoms with E-state index in [1.54, 1.807) is 0 Å². The molecule has 0 aliphatic carbocycles. The second-order valence-electron chi connectivity index (χ2n) is 15.6. The molecule has 3 nitrogen and oxygen atoms in total. The van der Waals surface area contributed by atoms with Gasteiger partial charge in [0.15, 0.2) is 5.79 Å². The van der Waals surface area contributed by atoms with Gasteiger partial charge in [0.1, 0.15) is 0 Å². The molecule has 1 rings (SSSR count). The summed E-state index contributed by atoms with van der Waals surface area (Å²) in [5.74, 6) is -0.298. The van der Waals surface area contributed by atoms with Crippen LogP contribution in [-0.4, -0.2) is 44.0 Å². The van der Waals surface area contributed by atoms with Crippen molar-refractivity contribution in [1.82, 2.24) is 4.90 Å². The van der Waals surface area contributed by atoms with Crippen LogP contribution in [0.1, 0.15) is 226 Å². The SMILES string of the molecule is CCCCCCCC/C=C\CCCCCCCCC1(CCCCCCCC/C=C\CCCCCCCC)OCC(CCCCN(C)C)O1. The van der Waals surface area contributed by atoms with Crippen LogP contribution in [0.3, 0.4) is 0 Å². The molecule has 0 N–H and O–H groups in total. The fourth-order valence-corrected chi connectivity index (χ4v) is 7.23. The Bertz CT molecular complexity index is 659. The molecular weight excluding hydrogens is 587 g/mol. The van der Waals surface area contributed by atoms with Gasteiger partial charge in [0, 0.05) is 12.8 Å². The number of nitrogens with zero attached hydrogens (tertiary/aromatic N) is 1. The van der Waals surface area contributed by atoms with Crippen LogP contribution in [0.25, 0.3) is 0 Å². The first kappa shape index (κ1) is 45.4. The number of rotatable bonds is 37. The van der Waals surface area contributed by atoms with Crippen LogP contribution >= 0.6 is 0 Å². The number of unbranched alkanes of at least 4 members (excludes halogenated alkanes) is 25. The van der Waals surface area contributed by atoms with E-state index >= 15 is 0 Å². The third-order valence-corrected chi connectivity index (χ3v) is 10.4. The number of ether oxygens (including phenoxy) is 2. The van der Waals surface area contributed by atoms with Crippen molar-refractivity contribution in [2.75, 3.05) is 27.2 Å². The predicted octanol–water partition coefficient (Wildman–Crippen LogP) is 14.7. The molecular formula is C45H87NO2. The van der Waals surface area contributed by atoms with Gasteiger partial charge in [-0.3, -0.25) is 0 Å². The van der Waals surface area contributed by atoms with E-state index in [1.165, 1.54) is 199 Å². The third kappa shape index (κ3) is 29.1. The van der Waals surface area contributed by atoms with Gasteiger partial charge < -0.3 is 14.4 Å². The summed E-state index contributed by atoms with van der Waals surface area (Å²) in [6, 6.07) is 0. The molecule has 0 saturated carbocycles. The molecule has 1 unspecified atom stereocenters. The Labute approximate surface area is 302 Å². The van der Waals surface area contributed by atoms with Crippen LogP contribution in [-0.2, 0) is 9.47 Å². The normalized spacial score (nSPS) is 16.4. The molecule has 284 valence electrons. The molecule has 0 spiro atoms. The molecule has 0 aromatic rings. The van der Waals surface area contributed by atoms with E-state index < -0.39 is 0 Å². The zero-order valence-electron chi connectivity index (χ0n) is 33.4. The van der Waals surface area contributed by atoms with Gasteiger partial charge in [0.2, 0.25) is 0 Å². The summed E-state index contributed by atoms with van der Waals surface area (Å²) in [4.78, 5) is 2.29. The van der Waals surface area contributed by atoms with E-state index in [9.17, 15) is 0 Å². The van der Waals surface area contributed by atoms with Crippen molar-refractivity contribution in [1.29, 1.82) is 0 Å². The number of hydrogen-bond acceptors (Lipinski definition) is 3.